The summed E-state index contributed by atoms with van der Waals surface area (Å²) in [6, 6.07) is 12.1. The molecule has 1 amide bonds. The van der Waals surface area contributed by atoms with Crippen LogP contribution in [0.2, 0.25) is 5.02 Å². The first-order valence-corrected chi connectivity index (χ1v) is 10.1. The van der Waals surface area contributed by atoms with Crippen LogP contribution in [0.3, 0.4) is 0 Å². The molecule has 2 heterocycles. The van der Waals surface area contributed by atoms with Gasteiger partial charge in [0, 0.05) is 12.5 Å². The average Bonchev–Trinajstić information content (AvgIpc) is 3.08. The summed E-state index contributed by atoms with van der Waals surface area (Å²) in [5.74, 6) is -0.223. The van der Waals surface area contributed by atoms with E-state index in [1.807, 2.05) is 18.2 Å². The van der Waals surface area contributed by atoms with Gasteiger partial charge < -0.3 is 5.32 Å². The second-order valence-corrected chi connectivity index (χ2v) is 8.24. The maximum atomic E-state index is 13.1. The molecule has 1 atom stereocenters. The zero-order valence-corrected chi connectivity index (χ0v) is 16.2. The van der Waals surface area contributed by atoms with E-state index in [0.29, 0.717) is 11.6 Å². The van der Waals surface area contributed by atoms with Crippen molar-refractivity contribution in [2.75, 3.05) is 25.0 Å². The Morgan fingerprint density at radius 2 is 2.19 bits per heavy atom. The van der Waals surface area contributed by atoms with Gasteiger partial charge in [-0.2, -0.15) is 0 Å². The lowest BCUT2D eigenvalue weighted by Crippen LogP contribution is -2.39. The fraction of sp³-hybridized carbons (Fsp3) is 0.300. The SMILES string of the molecule is O=C(CN1CCC[C@@H](c2nc3ccccc3s2)C1)Nc1ccc(F)cc1Cl. The van der Waals surface area contributed by atoms with Gasteiger partial charge in [0.15, 0.2) is 0 Å². The Labute approximate surface area is 166 Å². The van der Waals surface area contributed by atoms with E-state index < -0.39 is 5.82 Å². The highest BCUT2D eigenvalue weighted by Crippen LogP contribution is 2.33. The molecule has 0 saturated carbocycles. The van der Waals surface area contributed by atoms with Crippen LogP contribution in [0.5, 0.6) is 0 Å². The summed E-state index contributed by atoms with van der Waals surface area (Å²) >= 11 is 7.72. The molecule has 140 valence electrons. The molecule has 1 aliphatic heterocycles. The molecule has 7 heteroatoms. The normalized spacial score (nSPS) is 17.9. The molecule has 4 nitrogen and oxygen atoms in total. The summed E-state index contributed by atoms with van der Waals surface area (Å²) in [7, 11) is 0. The zero-order chi connectivity index (χ0) is 18.8. The number of piperidine rings is 1. The van der Waals surface area contributed by atoms with Crippen molar-refractivity contribution < 1.29 is 9.18 Å². The van der Waals surface area contributed by atoms with E-state index in [0.717, 1.165) is 36.5 Å². The van der Waals surface area contributed by atoms with Gasteiger partial charge >= 0.3 is 0 Å². The summed E-state index contributed by atoms with van der Waals surface area (Å²) in [6.07, 6.45) is 2.12. The lowest BCUT2D eigenvalue weighted by molar-refractivity contribution is -0.117. The number of likely N-dealkylation sites (tertiary alicyclic amines) is 1. The highest BCUT2D eigenvalue weighted by molar-refractivity contribution is 7.18. The van der Waals surface area contributed by atoms with Crippen LogP contribution in [0.4, 0.5) is 10.1 Å². The molecule has 1 aromatic heterocycles. The third-order valence-corrected chi connectivity index (χ3v) is 6.25. The molecule has 0 spiro atoms. The number of hydrogen-bond acceptors (Lipinski definition) is 4. The quantitative estimate of drug-likeness (QED) is 0.673. The van der Waals surface area contributed by atoms with Crippen LogP contribution in [0.1, 0.15) is 23.8 Å². The molecule has 2 aromatic carbocycles. The van der Waals surface area contributed by atoms with Crippen LogP contribution in [-0.4, -0.2) is 35.4 Å². The van der Waals surface area contributed by atoms with Gasteiger partial charge in [-0.15, -0.1) is 11.3 Å². The molecule has 0 unspecified atom stereocenters. The first kappa shape index (κ1) is 18.3. The second kappa shape index (κ2) is 7.92. The highest BCUT2D eigenvalue weighted by atomic mass is 35.5. The van der Waals surface area contributed by atoms with Crippen molar-refractivity contribution in [2.24, 2.45) is 0 Å². The Bertz CT molecular complexity index is 944. The number of para-hydroxylation sites is 1. The first-order chi connectivity index (χ1) is 13.1. The zero-order valence-electron chi connectivity index (χ0n) is 14.6. The summed E-state index contributed by atoms with van der Waals surface area (Å²) in [5.41, 5.74) is 1.47. The van der Waals surface area contributed by atoms with Gasteiger partial charge in [0.25, 0.3) is 0 Å². The Morgan fingerprint density at radius 1 is 1.33 bits per heavy atom. The molecule has 1 N–H and O–H groups in total. The number of amides is 1. The number of carbonyl (C=O) groups is 1. The fourth-order valence-electron chi connectivity index (χ4n) is 3.45. The molecule has 0 radical (unpaired) electrons. The number of nitrogens with zero attached hydrogens (tertiary/aromatic N) is 2. The van der Waals surface area contributed by atoms with Gasteiger partial charge in [0.1, 0.15) is 5.82 Å². The Morgan fingerprint density at radius 3 is 3.00 bits per heavy atom. The first-order valence-electron chi connectivity index (χ1n) is 8.91. The molecule has 1 fully saturated rings. The number of aromatic nitrogens is 1. The van der Waals surface area contributed by atoms with Crippen LogP contribution < -0.4 is 5.32 Å². The molecule has 0 aliphatic carbocycles. The van der Waals surface area contributed by atoms with Crippen molar-refractivity contribution in [1.29, 1.82) is 0 Å². The molecule has 3 aromatic rings. The standard InChI is InChI=1S/C20H19ClFN3OS/c21-15-10-14(22)7-8-16(15)23-19(26)12-25-9-3-4-13(11-25)20-24-17-5-1-2-6-18(17)27-20/h1-2,5-8,10,13H,3-4,9,11-12H2,(H,23,26)/t13-/m1/s1. The predicted molar refractivity (Wildman–Crippen MR) is 108 cm³/mol. The van der Waals surface area contributed by atoms with E-state index in [4.69, 9.17) is 16.6 Å². The number of carbonyl (C=O) groups excluding carboxylic acids is 1. The van der Waals surface area contributed by atoms with Gasteiger partial charge in [0.05, 0.1) is 32.5 Å². The fourth-order valence-corrected chi connectivity index (χ4v) is 4.76. The van der Waals surface area contributed by atoms with E-state index in [2.05, 4.69) is 16.3 Å². The third kappa shape index (κ3) is 4.29. The van der Waals surface area contributed by atoms with Crippen molar-refractivity contribution in [1.82, 2.24) is 9.88 Å². The third-order valence-electron chi connectivity index (χ3n) is 4.74. The summed E-state index contributed by atoms with van der Waals surface area (Å²) in [4.78, 5) is 19.3. The van der Waals surface area contributed by atoms with E-state index >= 15 is 0 Å². The van der Waals surface area contributed by atoms with Gasteiger partial charge in [-0.1, -0.05) is 23.7 Å². The largest absolute Gasteiger partial charge is 0.324 e. The molecule has 0 bridgehead atoms. The summed E-state index contributed by atoms with van der Waals surface area (Å²) in [6.45, 7) is 1.98. The number of halogens is 2. The molecular weight excluding hydrogens is 385 g/mol. The number of hydrogen-bond donors (Lipinski definition) is 1. The van der Waals surface area contributed by atoms with Gasteiger partial charge in [-0.25, -0.2) is 9.37 Å². The minimum absolute atomic E-state index is 0.145. The Hall–Kier alpha value is -2.02. The minimum Gasteiger partial charge on any atom is -0.324 e. The van der Waals surface area contributed by atoms with Gasteiger partial charge in [-0.3, -0.25) is 9.69 Å². The predicted octanol–water partition coefficient (Wildman–Crippen LogP) is 4.91. The van der Waals surface area contributed by atoms with Gasteiger partial charge in [-0.05, 0) is 49.7 Å². The topological polar surface area (TPSA) is 45.2 Å². The van der Waals surface area contributed by atoms with Crippen molar-refractivity contribution in [2.45, 2.75) is 18.8 Å². The number of nitrogens with one attached hydrogen (secondary N) is 1. The maximum absolute atomic E-state index is 13.1. The Kier molecular flexibility index (Phi) is 5.38. The minimum atomic E-state index is -0.423. The smallest absolute Gasteiger partial charge is 0.238 e. The van der Waals surface area contributed by atoms with Crippen molar-refractivity contribution in [3.63, 3.8) is 0 Å². The van der Waals surface area contributed by atoms with Crippen LogP contribution in [0, 0.1) is 5.82 Å². The number of anilines is 1. The van der Waals surface area contributed by atoms with Crippen molar-refractivity contribution >= 4 is 44.7 Å². The van der Waals surface area contributed by atoms with Crippen molar-refractivity contribution in [3.8, 4) is 0 Å². The van der Waals surface area contributed by atoms with Crippen molar-refractivity contribution in [3.05, 3.63) is 58.3 Å². The molecular formula is C20H19ClFN3OS. The van der Waals surface area contributed by atoms with Crippen LogP contribution in [0.15, 0.2) is 42.5 Å². The highest BCUT2D eigenvalue weighted by Gasteiger charge is 2.25. The monoisotopic (exact) mass is 403 g/mol. The van der Waals surface area contributed by atoms with E-state index in [-0.39, 0.29) is 17.5 Å². The lowest BCUT2D eigenvalue weighted by Gasteiger charge is -2.31. The molecule has 1 saturated heterocycles. The molecule has 4 rings (SSSR count). The van der Waals surface area contributed by atoms with Crippen LogP contribution >= 0.6 is 22.9 Å². The average molecular weight is 404 g/mol. The van der Waals surface area contributed by atoms with E-state index in [9.17, 15) is 9.18 Å². The number of rotatable bonds is 4. The molecule has 1 aliphatic rings. The van der Waals surface area contributed by atoms with Crippen LogP contribution in [-0.2, 0) is 4.79 Å². The lowest BCUT2D eigenvalue weighted by atomic mass is 9.99. The van der Waals surface area contributed by atoms with Gasteiger partial charge in [0.2, 0.25) is 5.91 Å². The molecule has 27 heavy (non-hydrogen) atoms. The Balaban J connectivity index is 1.40. The van der Waals surface area contributed by atoms with E-state index in [1.165, 1.54) is 22.9 Å². The van der Waals surface area contributed by atoms with Crippen LogP contribution in [0.25, 0.3) is 10.2 Å². The van der Waals surface area contributed by atoms with E-state index in [1.54, 1.807) is 11.3 Å². The number of fused-ring (bicyclic) bond motifs is 1. The second-order valence-electron chi connectivity index (χ2n) is 6.77. The maximum Gasteiger partial charge on any atom is 0.238 e. The summed E-state index contributed by atoms with van der Waals surface area (Å²) < 4.78 is 14.3. The number of benzene rings is 2. The summed E-state index contributed by atoms with van der Waals surface area (Å²) in [5, 5.41) is 4.11. The number of thiazole rings is 1.